The van der Waals surface area contributed by atoms with Gasteiger partial charge in [-0.25, -0.2) is 0 Å². The first-order valence-electron chi connectivity index (χ1n) is 10.4. The van der Waals surface area contributed by atoms with E-state index in [2.05, 4.69) is 6.92 Å². The Bertz CT molecular complexity index is 536. The number of carbonyl (C=O) groups is 1. The molecule has 2 rings (SSSR count). The van der Waals surface area contributed by atoms with Gasteiger partial charge in [0.2, 0.25) is 5.78 Å². The highest BCUT2D eigenvalue weighted by atomic mass is 19.3. The van der Waals surface area contributed by atoms with Gasteiger partial charge in [0, 0.05) is 12.5 Å². The third-order valence-corrected chi connectivity index (χ3v) is 5.86. The molecular formula is C23H34F2O. The molecule has 0 unspecified atom stereocenters. The fourth-order valence-electron chi connectivity index (χ4n) is 4.16. The standard InChI is InChI=1S/C23H34F2O/c1-3-4-5-6-7-8-9-18-10-12-19(13-11-18)20-14-16-21(17-15-20)22(26)23(2,24)25/h14-19H,3-13H2,1-2H3/t18-,19-. The van der Waals surface area contributed by atoms with E-state index in [1.54, 1.807) is 12.1 Å². The molecule has 1 aromatic carbocycles. The number of Topliss-reactive ketones (excluding diaryl/α,β-unsaturated/α-hetero) is 1. The average Bonchev–Trinajstić information content (AvgIpc) is 2.64. The van der Waals surface area contributed by atoms with Crippen LogP contribution in [0.15, 0.2) is 24.3 Å². The van der Waals surface area contributed by atoms with Crippen LogP contribution < -0.4 is 0 Å². The lowest BCUT2D eigenvalue weighted by atomic mass is 9.77. The summed E-state index contributed by atoms with van der Waals surface area (Å²) in [6, 6.07) is 6.88. The van der Waals surface area contributed by atoms with E-state index in [9.17, 15) is 13.6 Å². The van der Waals surface area contributed by atoms with E-state index in [1.165, 1.54) is 76.2 Å². The van der Waals surface area contributed by atoms with Gasteiger partial charge in [-0.2, -0.15) is 8.78 Å². The number of hydrogen-bond donors (Lipinski definition) is 0. The largest absolute Gasteiger partial charge is 0.307 e. The van der Waals surface area contributed by atoms with Crippen molar-refractivity contribution in [3.63, 3.8) is 0 Å². The van der Waals surface area contributed by atoms with Gasteiger partial charge in [-0.15, -0.1) is 0 Å². The molecule has 1 aliphatic carbocycles. The van der Waals surface area contributed by atoms with Crippen molar-refractivity contribution in [2.24, 2.45) is 5.92 Å². The molecule has 3 heteroatoms. The first kappa shape index (κ1) is 21.1. The molecule has 146 valence electrons. The third kappa shape index (κ3) is 6.48. The van der Waals surface area contributed by atoms with Crippen LogP contribution >= 0.6 is 0 Å². The van der Waals surface area contributed by atoms with Crippen LogP contribution in [0.25, 0.3) is 0 Å². The highest BCUT2D eigenvalue weighted by Crippen LogP contribution is 2.38. The van der Waals surface area contributed by atoms with E-state index in [0.29, 0.717) is 12.8 Å². The van der Waals surface area contributed by atoms with Gasteiger partial charge in [-0.05, 0) is 43.1 Å². The zero-order valence-corrected chi connectivity index (χ0v) is 16.4. The first-order chi connectivity index (χ1) is 12.4. The smallest absolute Gasteiger partial charge is 0.287 e. The Morgan fingerprint density at radius 2 is 1.54 bits per heavy atom. The Morgan fingerprint density at radius 1 is 0.962 bits per heavy atom. The maximum atomic E-state index is 13.1. The van der Waals surface area contributed by atoms with Crippen molar-refractivity contribution >= 4 is 5.78 Å². The lowest BCUT2D eigenvalue weighted by Gasteiger charge is -2.29. The normalized spacial score (nSPS) is 20.9. The van der Waals surface area contributed by atoms with E-state index in [-0.39, 0.29) is 5.56 Å². The molecule has 0 saturated heterocycles. The van der Waals surface area contributed by atoms with Gasteiger partial charge in [-0.1, -0.05) is 76.1 Å². The summed E-state index contributed by atoms with van der Waals surface area (Å²) in [5, 5.41) is 0. The molecule has 1 saturated carbocycles. The van der Waals surface area contributed by atoms with E-state index < -0.39 is 11.7 Å². The zero-order valence-electron chi connectivity index (χ0n) is 16.4. The maximum Gasteiger partial charge on any atom is 0.307 e. The van der Waals surface area contributed by atoms with Crippen molar-refractivity contribution in [1.82, 2.24) is 0 Å². The number of ketones is 1. The summed E-state index contributed by atoms with van der Waals surface area (Å²) in [5.41, 5.74) is 1.30. The van der Waals surface area contributed by atoms with Crippen LogP contribution in [0.4, 0.5) is 8.78 Å². The molecule has 0 bridgehead atoms. The summed E-state index contributed by atoms with van der Waals surface area (Å²) in [7, 11) is 0. The Kier molecular flexibility index (Phi) is 8.24. The van der Waals surface area contributed by atoms with E-state index in [4.69, 9.17) is 0 Å². The maximum absolute atomic E-state index is 13.1. The molecular weight excluding hydrogens is 330 g/mol. The number of unbranched alkanes of at least 4 members (excludes halogenated alkanes) is 5. The Balaban J connectivity index is 1.73. The van der Waals surface area contributed by atoms with Crippen LogP contribution in [0, 0.1) is 5.92 Å². The number of alkyl halides is 2. The monoisotopic (exact) mass is 364 g/mol. The van der Waals surface area contributed by atoms with Crippen LogP contribution in [-0.4, -0.2) is 11.7 Å². The molecule has 0 spiro atoms. The summed E-state index contributed by atoms with van der Waals surface area (Å²) < 4.78 is 26.3. The second-order valence-electron chi connectivity index (χ2n) is 8.11. The summed E-state index contributed by atoms with van der Waals surface area (Å²) in [5.74, 6) is -3.01. The fraction of sp³-hybridized carbons (Fsp3) is 0.696. The van der Waals surface area contributed by atoms with Gasteiger partial charge >= 0.3 is 5.92 Å². The second-order valence-corrected chi connectivity index (χ2v) is 8.11. The number of halogens is 2. The molecule has 1 fully saturated rings. The first-order valence-corrected chi connectivity index (χ1v) is 10.4. The molecule has 0 aliphatic heterocycles. The zero-order chi connectivity index (χ0) is 19.0. The van der Waals surface area contributed by atoms with Crippen LogP contribution in [0.2, 0.25) is 0 Å². The quantitative estimate of drug-likeness (QED) is 0.309. The van der Waals surface area contributed by atoms with Crippen LogP contribution in [-0.2, 0) is 0 Å². The minimum Gasteiger partial charge on any atom is -0.287 e. The fourth-order valence-corrected chi connectivity index (χ4v) is 4.16. The van der Waals surface area contributed by atoms with Crippen molar-refractivity contribution in [3.05, 3.63) is 35.4 Å². The van der Waals surface area contributed by atoms with Crippen LogP contribution in [0.5, 0.6) is 0 Å². The lowest BCUT2D eigenvalue weighted by molar-refractivity contribution is 0.0221. The van der Waals surface area contributed by atoms with E-state index in [0.717, 1.165) is 5.92 Å². The number of hydrogen-bond acceptors (Lipinski definition) is 1. The lowest BCUT2D eigenvalue weighted by Crippen LogP contribution is -2.24. The number of benzene rings is 1. The second kappa shape index (κ2) is 10.2. The van der Waals surface area contributed by atoms with Crippen molar-refractivity contribution in [2.75, 3.05) is 0 Å². The average molecular weight is 365 g/mol. The molecule has 1 aromatic rings. The summed E-state index contributed by atoms with van der Waals surface area (Å²) in [6.45, 7) is 2.91. The molecule has 0 radical (unpaired) electrons. The molecule has 0 aromatic heterocycles. The van der Waals surface area contributed by atoms with Crippen molar-refractivity contribution < 1.29 is 13.6 Å². The Labute approximate surface area is 157 Å². The van der Waals surface area contributed by atoms with Crippen LogP contribution in [0.1, 0.15) is 106 Å². The van der Waals surface area contributed by atoms with Gasteiger partial charge in [-0.3, -0.25) is 4.79 Å². The van der Waals surface area contributed by atoms with Gasteiger partial charge in [0.15, 0.2) is 0 Å². The minimum atomic E-state index is -3.30. The van der Waals surface area contributed by atoms with Gasteiger partial charge in [0.05, 0.1) is 0 Å². The van der Waals surface area contributed by atoms with E-state index >= 15 is 0 Å². The number of carbonyl (C=O) groups excluding carboxylic acids is 1. The van der Waals surface area contributed by atoms with E-state index in [1.807, 2.05) is 12.1 Å². The van der Waals surface area contributed by atoms with Gasteiger partial charge in [0.25, 0.3) is 0 Å². The number of rotatable bonds is 10. The molecule has 0 N–H and O–H groups in total. The molecule has 0 heterocycles. The Hall–Kier alpha value is -1.25. The summed E-state index contributed by atoms with van der Waals surface area (Å²) >= 11 is 0. The van der Waals surface area contributed by atoms with Crippen LogP contribution in [0.3, 0.4) is 0 Å². The molecule has 1 aliphatic rings. The molecule has 0 amide bonds. The molecule has 0 atom stereocenters. The van der Waals surface area contributed by atoms with Crippen molar-refractivity contribution in [1.29, 1.82) is 0 Å². The predicted molar refractivity (Wildman–Crippen MR) is 104 cm³/mol. The minimum absolute atomic E-state index is 0.109. The van der Waals surface area contributed by atoms with Gasteiger partial charge in [0.1, 0.15) is 0 Å². The third-order valence-electron chi connectivity index (χ3n) is 5.86. The Morgan fingerprint density at radius 3 is 2.12 bits per heavy atom. The highest BCUT2D eigenvalue weighted by Gasteiger charge is 2.33. The van der Waals surface area contributed by atoms with Gasteiger partial charge < -0.3 is 0 Å². The summed E-state index contributed by atoms with van der Waals surface area (Å²) in [4.78, 5) is 11.6. The predicted octanol–water partition coefficient (Wildman–Crippen LogP) is 7.55. The highest BCUT2D eigenvalue weighted by molar-refractivity contribution is 6.01. The molecule has 26 heavy (non-hydrogen) atoms. The summed E-state index contributed by atoms with van der Waals surface area (Å²) in [6.07, 6.45) is 14.4. The SMILES string of the molecule is CCCCCCCC[C@H]1CC[C@H](c2ccc(C(=O)C(C)(F)F)cc2)CC1. The van der Waals surface area contributed by atoms with Crippen molar-refractivity contribution in [2.45, 2.75) is 96.3 Å². The van der Waals surface area contributed by atoms with Crippen molar-refractivity contribution in [3.8, 4) is 0 Å². The molecule has 1 nitrogen and oxygen atoms in total. The topological polar surface area (TPSA) is 17.1 Å².